The molecule has 0 radical (unpaired) electrons. The van der Waals surface area contributed by atoms with Crippen molar-refractivity contribution in [2.75, 3.05) is 50.1 Å². The van der Waals surface area contributed by atoms with Gasteiger partial charge in [-0.3, -0.25) is 30.7 Å². The first-order valence-electron chi connectivity index (χ1n) is 8.90. The lowest BCUT2D eigenvalue weighted by molar-refractivity contribution is -0.383. The summed E-state index contributed by atoms with van der Waals surface area (Å²) in [5.41, 5.74) is 4.53. The van der Waals surface area contributed by atoms with Crippen molar-refractivity contribution < 1.29 is 18.8 Å². The molecule has 1 amide bonds. The maximum absolute atomic E-state index is 13.0. The van der Waals surface area contributed by atoms with Crippen molar-refractivity contribution in [2.45, 2.75) is 0 Å². The lowest BCUT2D eigenvalue weighted by Gasteiger charge is -2.26. The van der Waals surface area contributed by atoms with Crippen molar-refractivity contribution >= 4 is 23.2 Å². The van der Waals surface area contributed by atoms with Crippen LogP contribution in [0, 0.1) is 15.9 Å². The van der Waals surface area contributed by atoms with Gasteiger partial charge in [0.05, 0.1) is 18.1 Å². The van der Waals surface area contributed by atoms with Gasteiger partial charge in [0.1, 0.15) is 12.1 Å². The van der Waals surface area contributed by atoms with Crippen molar-refractivity contribution in [2.24, 2.45) is 0 Å². The molecule has 2 aromatic rings. The van der Waals surface area contributed by atoms with Crippen LogP contribution >= 0.6 is 0 Å². The molecule has 0 saturated carbocycles. The highest BCUT2D eigenvalue weighted by Gasteiger charge is 2.23. The predicted octanol–water partition coefficient (Wildman–Crippen LogP) is 1.02. The molecule has 1 fully saturated rings. The summed E-state index contributed by atoms with van der Waals surface area (Å²) in [4.78, 5) is 32.9. The number of carbonyl (C=O) groups excluding carboxylic acids is 1. The third-order valence-corrected chi connectivity index (χ3v) is 4.23. The van der Waals surface area contributed by atoms with E-state index in [-0.39, 0.29) is 17.2 Å². The minimum Gasteiger partial charge on any atom is -0.379 e. The van der Waals surface area contributed by atoms with Crippen molar-refractivity contribution in [1.82, 2.24) is 20.3 Å². The van der Waals surface area contributed by atoms with Crippen LogP contribution in [0.25, 0.3) is 0 Å². The summed E-state index contributed by atoms with van der Waals surface area (Å²) in [6.07, 6.45) is 1.15. The van der Waals surface area contributed by atoms with Gasteiger partial charge in [-0.15, -0.1) is 0 Å². The number of amides is 1. The Balaban J connectivity index is 1.63. The molecule has 0 aliphatic carbocycles. The summed E-state index contributed by atoms with van der Waals surface area (Å²) in [7, 11) is 0. The molecule has 0 spiro atoms. The molecule has 1 aliphatic rings. The van der Waals surface area contributed by atoms with E-state index in [1.165, 1.54) is 12.1 Å². The number of nitrogens with one attached hydrogen (secondary N) is 3. The highest BCUT2D eigenvalue weighted by Crippen LogP contribution is 2.28. The van der Waals surface area contributed by atoms with Crippen LogP contribution in [0.4, 0.5) is 21.7 Å². The number of rotatable bonds is 8. The summed E-state index contributed by atoms with van der Waals surface area (Å²) < 4.78 is 18.2. The Kier molecular flexibility index (Phi) is 6.81. The van der Waals surface area contributed by atoms with Crippen LogP contribution in [0.1, 0.15) is 10.4 Å². The molecular formula is C17H20FN7O4. The molecular weight excluding hydrogens is 385 g/mol. The number of hydrogen-bond donors (Lipinski definition) is 3. The normalized spacial score (nSPS) is 14.2. The second-order valence-electron chi connectivity index (χ2n) is 6.14. The summed E-state index contributed by atoms with van der Waals surface area (Å²) >= 11 is 0. The fourth-order valence-electron chi connectivity index (χ4n) is 2.72. The second kappa shape index (κ2) is 9.71. The Morgan fingerprint density at radius 3 is 2.59 bits per heavy atom. The van der Waals surface area contributed by atoms with Gasteiger partial charge in [0.2, 0.25) is 11.6 Å². The molecule has 2 heterocycles. The molecule has 29 heavy (non-hydrogen) atoms. The Hall–Kier alpha value is -3.38. The molecule has 1 aliphatic heterocycles. The maximum atomic E-state index is 13.0. The molecule has 11 nitrogen and oxygen atoms in total. The Morgan fingerprint density at radius 1 is 1.21 bits per heavy atom. The first-order valence-corrected chi connectivity index (χ1v) is 8.90. The Labute approximate surface area is 165 Å². The molecule has 1 aromatic heterocycles. The molecule has 12 heteroatoms. The van der Waals surface area contributed by atoms with E-state index in [1.54, 1.807) is 0 Å². The van der Waals surface area contributed by atoms with Gasteiger partial charge in [-0.2, -0.15) is 0 Å². The molecule has 0 unspecified atom stereocenters. The average molecular weight is 405 g/mol. The van der Waals surface area contributed by atoms with E-state index in [2.05, 4.69) is 31.0 Å². The van der Waals surface area contributed by atoms with Gasteiger partial charge in [0.15, 0.2) is 0 Å². The molecule has 1 saturated heterocycles. The Morgan fingerprint density at radius 2 is 1.90 bits per heavy atom. The molecule has 3 N–H and O–H groups in total. The number of carbonyl (C=O) groups is 1. The zero-order chi connectivity index (χ0) is 20.6. The van der Waals surface area contributed by atoms with Gasteiger partial charge in [0, 0.05) is 31.7 Å². The highest BCUT2D eigenvalue weighted by molar-refractivity contribution is 5.95. The van der Waals surface area contributed by atoms with E-state index in [0.717, 1.165) is 31.5 Å². The topological polar surface area (TPSA) is 135 Å². The lowest BCUT2D eigenvalue weighted by atomic mass is 10.2. The van der Waals surface area contributed by atoms with E-state index in [9.17, 15) is 19.3 Å². The third-order valence-electron chi connectivity index (χ3n) is 4.23. The second-order valence-corrected chi connectivity index (χ2v) is 6.14. The number of hydrazine groups is 1. The van der Waals surface area contributed by atoms with Gasteiger partial charge >= 0.3 is 5.69 Å². The van der Waals surface area contributed by atoms with Crippen molar-refractivity contribution in [3.8, 4) is 0 Å². The number of aromatic nitrogens is 2. The maximum Gasteiger partial charge on any atom is 0.354 e. The number of halogens is 1. The summed E-state index contributed by atoms with van der Waals surface area (Å²) in [6.45, 7) is 4.05. The number of hydrogen-bond acceptors (Lipinski definition) is 9. The van der Waals surface area contributed by atoms with E-state index in [1.807, 2.05) is 0 Å². The van der Waals surface area contributed by atoms with Crippen molar-refractivity contribution in [1.29, 1.82) is 0 Å². The van der Waals surface area contributed by atoms with Crippen LogP contribution in [0.2, 0.25) is 0 Å². The number of anilines is 2. The van der Waals surface area contributed by atoms with E-state index in [0.29, 0.717) is 26.3 Å². The number of morpholine rings is 1. The molecule has 3 rings (SSSR count). The number of nitro groups is 1. The monoisotopic (exact) mass is 405 g/mol. The summed E-state index contributed by atoms with van der Waals surface area (Å²) in [5, 5.41) is 14.5. The van der Waals surface area contributed by atoms with Gasteiger partial charge in [-0.1, -0.05) is 0 Å². The minimum absolute atomic E-state index is 0.0387. The van der Waals surface area contributed by atoms with E-state index < -0.39 is 22.3 Å². The molecule has 1 aromatic carbocycles. The van der Waals surface area contributed by atoms with Crippen LogP contribution in [-0.4, -0.2) is 65.1 Å². The van der Waals surface area contributed by atoms with Gasteiger partial charge in [-0.05, 0) is 24.3 Å². The van der Waals surface area contributed by atoms with Gasteiger partial charge in [-0.25, -0.2) is 14.4 Å². The smallest absolute Gasteiger partial charge is 0.354 e. The van der Waals surface area contributed by atoms with Crippen LogP contribution in [-0.2, 0) is 4.74 Å². The van der Waals surface area contributed by atoms with Crippen molar-refractivity contribution in [3.63, 3.8) is 0 Å². The zero-order valence-electron chi connectivity index (χ0n) is 15.4. The number of nitrogens with zero attached hydrogens (tertiary/aromatic N) is 4. The molecule has 154 valence electrons. The van der Waals surface area contributed by atoms with Crippen LogP contribution in [0.3, 0.4) is 0 Å². The first kappa shape index (κ1) is 20.4. The summed E-state index contributed by atoms with van der Waals surface area (Å²) in [5.74, 6) is -1.21. The van der Waals surface area contributed by atoms with E-state index in [4.69, 9.17) is 4.74 Å². The third kappa shape index (κ3) is 5.56. The van der Waals surface area contributed by atoms with E-state index >= 15 is 0 Å². The van der Waals surface area contributed by atoms with Crippen LogP contribution in [0.5, 0.6) is 0 Å². The number of benzene rings is 1. The number of ether oxygens (including phenoxy) is 1. The molecule has 0 bridgehead atoms. The minimum atomic E-state index is -0.635. The molecule has 0 atom stereocenters. The van der Waals surface area contributed by atoms with Crippen LogP contribution < -0.4 is 16.2 Å². The fraction of sp³-hybridized carbons (Fsp3) is 0.353. The average Bonchev–Trinajstić information content (AvgIpc) is 2.73. The van der Waals surface area contributed by atoms with Gasteiger partial charge in [0.25, 0.3) is 5.91 Å². The van der Waals surface area contributed by atoms with Crippen molar-refractivity contribution in [3.05, 3.63) is 52.1 Å². The quantitative estimate of drug-likeness (QED) is 0.435. The predicted molar refractivity (Wildman–Crippen MR) is 102 cm³/mol. The lowest BCUT2D eigenvalue weighted by Crippen LogP contribution is -2.39. The zero-order valence-corrected chi connectivity index (χ0v) is 15.4. The summed E-state index contributed by atoms with van der Waals surface area (Å²) in [6, 6.07) is 4.86. The fourth-order valence-corrected chi connectivity index (χ4v) is 2.72. The Bertz CT molecular complexity index is 859. The largest absolute Gasteiger partial charge is 0.379 e. The first-order chi connectivity index (χ1) is 14.0. The standard InChI is InChI=1S/C17H20FN7O4/c18-13-3-1-12(2-4-13)17(26)23-22-16-14(25(27)28)15(20-11-21-16)19-5-6-24-7-9-29-10-8-24/h1-4,11H,5-10H2,(H,23,26)(H2,19,20,21,22). The SMILES string of the molecule is O=C(NNc1ncnc(NCCN2CCOCC2)c1[N+](=O)[O-])c1ccc(F)cc1. The van der Waals surface area contributed by atoms with Gasteiger partial charge < -0.3 is 10.1 Å². The van der Waals surface area contributed by atoms with Crippen LogP contribution in [0.15, 0.2) is 30.6 Å². The highest BCUT2D eigenvalue weighted by atomic mass is 19.1.